The van der Waals surface area contributed by atoms with Crippen LogP contribution in [0.15, 0.2) is 60.7 Å². The van der Waals surface area contributed by atoms with Crippen LogP contribution in [0.2, 0.25) is 0 Å². The van der Waals surface area contributed by atoms with Crippen LogP contribution in [0.4, 0.5) is 21.5 Å². The minimum Gasteiger partial charge on any atom is -0.397 e. The molecule has 0 fully saturated rings. The van der Waals surface area contributed by atoms with Gasteiger partial charge >= 0.3 is 0 Å². The maximum absolute atomic E-state index is 13.1. The molecule has 0 spiro atoms. The highest BCUT2D eigenvalue weighted by Gasteiger charge is 2.22. The summed E-state index contributed by atoms with van der Waals surface area (Å²) in [6.07, 6.45) is 1.69. The molecule has 1 aliphatic heterocycles. The van der Waals surface area contributed by atoms with Crippen LogP contribution in [0.3, 0.4) is 0 Å². The summed E-state index contributed by atoms with van der Waals surface area (Å²) in [6, 6.07) is 16.6. The van der Waals surface area contributed by atoms with Crippen molar-refractivity contribution in [3.05, 3.63) is 77.6 Å². The number of amides is 1. The molecule has 4 rings (SSSR count). The molecule has 1 heterocycles. The van der Waals surface area contributed by atoms with Gasteiger partial charge in [0.2, 0.25) is 0 Å². The number of carbonyl (C=O) groups excluding carboxylic acids is 1. The molecule has 0 aromatic heterocycles. The second kappa shape index (κ2) is 6.76. The Morgan fingerprint density at radius 3 is 2.54 bits per heavy atom. The molecule has 7 heteroatoms. The lowest BCUT2D eigenvalue weighted by Crippen LogP contribution is -2.15. The van der Waals surface area contributed by atoms with Gasteiger partial charge in [-0.2, -0.15) is 0 Å². The van der Waals surface area contributed by atoms with Crippen LogP contribution in [0, 0.1) is 5.82 Å². The van der Waals surface area contributed by atoms with Crippen molar-refractivity contribution in [2.75, 3.05) is 22.0 Å². The zero-order valence-electron chi connectivity index (χ0n) is 15.2. The van der Waals surface area contributed by atoms with E-state index in [0.29, 0.717) is 22.7 Å². The molecule has 0 saturated heterocycles. The standard InChI is InChI=1S/C21H20FN3O2S/c1-28(27)12-16-3-2-15(11-19(16)25-28)21(26)24-20-10-14(6-9-18(20)23)13-4-7-17(22)8-5-13/h2-11,28H,12,23H2,1H3,(H,24,26)(H,25,27). The number of anilines is 3. The largest absolute Gasteiger partial charge is 0.397 e. The molecule has 0 unspecified atom stereocenters. The highest BCUT2D eigenvalue weighted by Crippen LogP contribution is 2.32. The second-order valence-corrected chi connectivity index (χ2v) is 9.75. The van der Waals surface area contributed by atoms with Gasteiger partial charge in [-0.1, -0.05) is 24.3 Å². The number of nitrogens with one attached hydrogen (secondary N) is 2. The van der Waals surface area contributed by atoms with Gasteiger partial charge in [0.25, 0.3) is 5.91 Å². The van der Waals surface area contributed by atoms with Crippen LogP contribution < -0.4 is 15.8 Å². The average Bonchev–Trinajstić information content (AvgIpc) is 2.97. The monoisotopic (exact) mass is 397 g/mol. The Hall–Kier alpha value is -3.19. The molecule has 28 heavy (non-hydrogen) atoms. The molecule has 144 valence electrons. The Morgan fingerprint density at radius 2 is 1.79 bits per heavy atom. The van der Waals surface area contributed by atoms with Crippen LogP contribution in [0.25, 0.3) is 11.1 Å². The molecule has 1 aliphatic rings. The molecule has 0 atom stereocenters. The molecule has 3 aromatic rings. The minimum absolute atomic E-state index is 0.311. The van der Waals surface area contributed by atoms with E-state index in [9.17, 15) is 13.4 Å². The highest BCUT2D eigenvalue weighted by atomic mass is 32.3. The first kappa shape index (κ1) is 18.2. The molecule has 0 saturated carbocycles. The lowest BCUT2D eigenvalue weighted by atomic mass is 10.0. The van der Waals surface area contributed by atoms with Crippen molar-refractivity contribution < 1.29 is 13.4 Å². The summed E-state index contributed by atoms with van der Waals surface area (Å²) in [4.78, 5) is 12.7. The molecular formula is C21H20FN3O2S. The SMILES string of the molecule is C[SH]1(=O)Cc2ccc(C(=O)Nc3cc(-c4ccc(F)cc4)ccc3N)cc2N1. The third-order valence-electron chi connectivity index (χ3n) is 4.68. The Balaban J connectivity index is 1.59. The van der Waals surface area contributed by atoms with E-state index < -0.39 is 10.1 Å². The molecule has 0 bridgehead atoms. The van der Waals surface area contributed by atoms with E-state index in [-0.39, 0.29) is 11.7 Å². The number of halogens is 1. The fourth-order valence-electron chi connectivity index (χ4n) is 3.26. The number of thiol groups is 1. The quantitative estimate of drug-likeness (QED) is 0.401. The van der Waals surface area contributed by atoms with Gasteiger partial charge in [-0.15, -0.1) is 0 Å². The van der Waals surface area contributed by atoms with Gasteiger partial charge in [-0.25, -0.2) is 4.39 Å². The number of hydrogen-bond acceptors (Lipinski definition) is 3. The molecule has 5 nitrogen and oxygen atoms in total. The number of rotatable bonds is 3. The van der Waals surface area contributed by atoms with E-state index in [1.807, 2.05) is 12.1 Å². The smallest absolute Gasteiger partial charge is 0.255 e. The van der Waals surface area contributed by atoms with Crippen molar-refractivity contribution in [3.63, 3.8) is 0 Å². The maximum atomic E-state index is 13.1. The van der Waals surface area contributed by atoms with Crippen LogP contribution in [-0.4, -0.2) is 16.4 Å². The fourth-order valence-corrected chi connectivity index (χ4v) is 4.98. The van der Waals surface area contributed by atoms with E-state index in [1.54, 1.807) is 42.7 Å². The van der Waals surface area contributed by atoms with E-state index in [2.05, 4.69) is 10.0 Å². The Bertz CT molecular complexity index is 1130. The van der Waals surface area contributed by atoms with Gasteiger partial charge in [0.05, 0.1) is 11.4 Å². The summed E-state index contributed by atoms with van der Waals surface area (Å²) in [6.45, 7) is 0. The second-order valence-electron chi connectivity index (χ2n) is 7.01. The van der Waals surface area contributed by atoms with Crippen molar-refractivity contribution in [2.45, 2.75) is 5.75 Å². The van der Waals surface area contributed by atoms with Gasteiger partial charge in [0.1, 0.15) is 5.82 Å². The van der Waals surface area contributed by atoms with E-state index in [1.165, 1.54) is 12.1 Å². The number of hydrogen-bond donors (Lipinski definition) is 4. The van der Waals surface area contributed by atoms with Crippen LogP contribution >= 0.6 is 0 Å². The number of benzene rings is 3. The molecular weight excluding hydrogens is 377 g/mol. The van der Waals surface area contributed by atoms with Gasteiger partial charge in [0, 0.05) is 23.3 Å². The van der Waals surface area contributed by atoms with Crippen LogP contribution in [0.5, 0.6) is 0 Å². The summed E-state index contributed by atoms with van der Waals surface area (Å²) < 4.78 is 28.4. The van der Waals surface area contributed by atoms with Gasteiger partial charge in [0.15, 0.2) is 0 Å². The van der Waals surface area contributed by atoms with Crippen molar-refractivity contribution in [3.8, 4) is 11.1 Å². The third kappa shape index (κ3) is 3.61. The summed E-state index contributed by atoms with van der Waals surface area (Å²) in [5.41, 5.74) is 10.7. The first-order valence-corrected chi connectivity index (χ1v) is 11.1. The number of carbonyl (C=O) groups is 1. The van der Waals surface area contributed by atoms with Gasteiger partial charge in [-0.05, 0) is 63.2 Å². The molecule has 4 N–H and O–H groups in total. The van der Waals surface area contributed by atoms with Gasteiger partial charge < -0.3 is 15.8 Å². The molecule has 0 radical (unpaired) electrons. The molecule has 3 aromatic carbocycles. The van der Waals surface area contributed by atoms with Crippen molar-refractivity contribution in [1.82, 2.24) is 0 Å². The van der Waals surface area contributed by atoms with E-state index in [4.69, 9.17) is 5.73 Å². The van der Waals surface area contributed by atoms with Crippen molar-refractivity contribution in [2.24, 2.45) is 0 Å². The lowest BCUT2D eigenvalue weighted by molar-refractivity contribution is 0.102. The van der Waals surface area contributed by atoms with Crippen molar-refractivity contribution in [1.29, 1.82) is 0 Å². The zero-order valence-corrected chi connectivity index (χ0v) is 16.1. The predicted octanol–water partition coefficient (Wildman–Crippen LogP) is 3.81. The lowest BCUT2D eigenvalue weighted by Gasteiger charge is -2.12. The molecule has 1 amide bonds. The third-order valence-corrected chi connectivity index (χ3v) is 6.34. The number of nitrogen functional groups attached to an aromatic ring is 1. The first-order valence-electron chi connectivity index (χ1n) is 8.75. The number of nitrogens with two attached hydrogens (primary N) is 1. The molecule has 0 aliphatic carbocycles. The predicted molar refractivity (Wildman–Crippen MR) is 113 cm³/mol. The van der Waals surface area contributed by atoms with Crippen molar-refractivity contribution >= 4 is 33.1 Å². The van der Waals surface area contributed by atoms with Crippen LogP contribution in [0.1, 0.15) is 15.9 Å². The highest BCUT2D eigenvalue weighted by molar-refractivity contribution is 8.03. The Kier molecular flexibility index (Phi) is 4.39. The number of fused-ring (bicyclic) bond motifs is 1. The van der Waals surface area contributed by atoms with Gasteiger partial charge in [-0.3, -0.25) is 9.00 Å². The summed E-state index contributed by atoms with van der Waals surface area (Å²) in [5.74, 6) is -0.142. The normalized spacial score (nSPS) is 15.4. The topological polar surface area (TPSA) is 84.2 Å². The fraction of sp³-hybridized carbons (Fsp3) is 0.0952. The summed E-state index contributed by atoms with van der Waals surface area (Å²) in [5, 5.41) is 2.83. The summed E-state index contributed by atoms with van der Waals surface area (Å²) in [7, 11) is -2.42. The van der Waals surface area contributed by atoms with E-state index >= 15 is 0 Å². The Labute approximate surface area is 163 Å². The summed E-state index contributed by atoms with van der Waals surface area (Å²) >= 11 is 0. The zero-order chi connectivity index (χ0) is 19.9. The first-order chi connectivity index (χ1) is 13.3. The minimum atomic E-state index is -2.42. The van der Waals surface area contributed by atoms with Crippen LogP contribution in [-0.2, 0) is 15.9 Å². The Morgan fingerprint density at radius 1 is 1.07 bits per heavy atom. The van der Waals surface area contributed by atoms with E-state index in [0.717, 1.165) is 22.4 Å². The average molecular weight is 397 g/mol. The maximum Gasteiger partial charge on any atom is 0.255 e.